The van der Waals surface area contributed by atoms with Crippen molar-refractivity contribution in [3.63, 3.8) is 0 Å². The molecule has 1 N–H and O–H groups in total. The Hall–Kier alpha value is -1.75. The first kappa shape index (κ1) is 11.7. The van der Waals surface area contributed by atoms with Crippen molar-refractivity contribution in [1.29, 1.82) is 0 Å². The molecule has 0 unspecified atom stereocenters. The number of amides is 1. The van der Waals surface area contributed by atoms with Gasteiger partial charge in [-0.1, -0.05) is 12.1 Å². The lowest BCUT2D eigenvalue weighted by Gasteiger charge is -2.04. The standard InChI is InChI=1S/C12H11FN2OS/c1-8-11(17-7-15-8)12(16)14-6-9-3-2-4-10(13)5-9/h2-5,7H,6H2,1H3,(H,14,16). The summed E-state index contributed by atoms with van der Waals surface area (Å²) in [6.07, 6.45) is 0. The maximum absolute atomic E-state index is 12.9. The molecule has 2 aromatic rings. The highest BCUT2D eigenvalue weighted by molar-refractivity contribution is 7.11. The molecule has 88 valence electrons. The van der Waals surface area contributed by atoms with Crippen molar-refractivity contribution in [1.82, 2.24) is 10.3 Å². The highest BCUT2D eigenvalue weighted by Gasteiger charge is 2.10. The number of aromatic nitrogens is 1. The topological polar surface area (TPSA) is 42.0 Å². The number of thiazole rings is 1. The molecule has 0 aliphatic heterocycles. The number of hydrogen-bond acceptors (Lipinski definition) is 3. The Morgan fingerprint density at radius 1 is 1.53 bits per heavy atom. The van der Waals surface area contributed by atoms with Gasteiger partial charge in [0.2, 0.25) is 0 Å². The average Bonchev–Trinajstić information content (AvgIpc) is 2.72. The molecule has 0 aliphatic carbocycles. The number of aryl methyl sites for hydroxylation is 1. The van der Waals surface area contributed by atoms with Crippen LogP contribution in [0.4, 0.5) is 4.39 Å². The summed E-state index contributed by atoms with van der Waals surface area (Å²) in [5.74, 6) is -0.472. The van der Waals surface area contributed by atoms with E-state index in [9.17, 15) is 9.18 Å². The first-order chi connectivity index (χ1) is 8.16. The monoisotopic (exact) mass is 250 g/mol. The van der Waals surface area contributed by atoms with E-state index < -0.39 is 0 Å². The lowest BCUT2D eigenvalue weighted by molar-refractivity contribution is 0.0954. The molecule has 1 aromatic carbocycles. The van der Waals surface area contributed by atoms with Crippen molar-refractivity contribution in [2.45, 2.75) is 13.5 Å². The fraction of sp³-hybridized carbons (Fsp3) is 0.167. The maximum atomic E-state index is 12.9. The molecule has 0 saturated heterocycles. The van der Waals surface area contributed by atoms with E-state index in [0.29, 0.717) is 17.1 Å². The SMILES string of the molecule is Cc1ncsc1C(=O)NCc1cccc(F)c1. The lowest BCUT2D eigenvalue weighted by atomic mass is 10.2. The Morgan fingerprint density at radius 2 is 2.35 bits per heavy atom. The molecule has 1 heterocycles. The van der Waals surface area contributed by atoms with E-state index in [1.807, 2.05) is 0 Å². The van der Waals surface area contributed by atoms with Crippen LogP contribution in [-0.2, 0) is 6.54 Å². The second-order valence-corrected chi connectivity index (χ2v) is 4.43. The molecule has 0 atom stereocenters. The van der Waals surface area contributed by atoms with Gasteiger partial charge in [-0.05, 0) is 24.6 Å². The van der Waals surface area contributed by atoms with Crippen molar-refractivity contribution in [3.05, 3.63) is 51.7 Å². The van der Waals surface area contributed by atoms with E-state index in [1.54, 1.807) is 24.6 Å². The molecule has 17 heavy (non-hydrogen) atoms. The molecule has 2 rings (SSSR count). The normalized spacial score (nSPS) is 10.2. The highest BCUT2D eigenvalue weighted by atomic mass is 32.1. The fourth-order valence-electron chi connectivity index (χ4n) is 1.43. The smallest absolute Gasteiger partial charge is 0.263 e. The Kier molecular flexibility index (Phi) is 3.49. The summed E-state index contributed by atoms with van der Waals surface area (Å²) in [5.41, 5.74) is 3.08. The molecule has 0 spiro atoms. The minimum atomic E-state index is -0.300. The number of carbonyl (C=O) groups excluding carboxylic acids is 1. The van der Waals surface area contributed by atoms with Gasteiger partial charge in [-0.25, -0.2) is 9.37 Å². The van der Waals surface area contributed by atoms with Gasteiger partial charge in [0.15, 0.2) is 0 Å². The van der Waals surface area contributed by atoms with Gasteiger partial charge in [0.1, 0.15) is 10.7 Å². The van der Waals surface area contributed by atoms with Crippen LogP contribution in [0.25, 0.3) is 0 Å². The summed E-state index contributed by atoms with van der Waals surface area (Å²) in [4.78, 5) is 16.4. The number of nitrogens with zero attached hydrogens (tertiary/aromatic N) is 1. The quantitative estimate of drug-likeness (QED) is 0.909. The van der Waals surface area contributed by atoms with E-state index in [-0.39, 0.29) is 11.7 Å². The van der Waals surface area contributed by atoms with Crippen LogP contribution in [0.15, 0.2) is 29.8 Å². The Bertz CT molecular complexity index is 539. The van der Waals surface area contributed by atoms with Crippen molar-refractivity contribution in [2.24, 2.45) is 0 Å². The largest absolute Gasteiger partial charge is 0.347 e. The first-order valence-electron chi connectivity index (χ1n) is 5.09. The third kappa shape index (κ3) is 2.88. The van der Waals surface area contributed by atoms with Gasteiger partial charge in [0.05, 0.1) is 11.2 Å². The first-order valence-corrected chi connectivity index (χ1v) is 5.97. The van der Waals surface area contributed by atoms with Gasteiger partial charge in [-0.3, -0.25) is 4.79 Å². The van der Waals surface area contributed by atoms with E-state index in [1.165, 1.54) is 23.5 Å². The number of halogens is 1. The van der Waals surface area contributed by atoms with Gasteiger partial charge in [-0.2, -0.15) is 0 Å². The van der Waals surface area contributed by atoms with E-state index in [0.717, 1.165) is 5.56 Å². The molecule has 5 heteroatoms. The van der Waals surface area contributed by atoms with Gasteiger partial charge < -0.3 is 5.32 Å². The third-order valence-electron chi connectivity index (χ3n) is 2.29. The summed E-state index contributed by atoms with van der Waals surface area (Å²) in [7, 11) is 0. The zero-order valence-electron chi connectivity index (χ0n) is 9.24. The number of benzene rings is 1. The molecular weight excluding hydrogens is 239 g/mol. The van der Waals surface area contributed by atoms with Crippen LogP contribution in [0.3, 0.4) is 0 Å². The van der Waals surface area contributed by atoms with Crippen molar-refractivity contribution >= 4 is 17.2 Å². The minimum Gasteiger partial charge on any atom is -0.347 e. The summed E-state index contributed by atoms with van der Waals surface area (Å²) in [5, 5.41) is 2.73. The summed E-state index contributed by atoms with van der Waals surface area (Å²) in [6.45, 7) is 2.10. The molecule has 0 aliphatic rings. The highest BCUT2D eigenvalue weighted by Crippen LogP contribution is 2.12. The van der Waals surface area contributed by atoms with E-state index in [4.69, 9.17) is 0 Å². The number of rotatable bonds is 3. The number of nitrogens with one attached hydrogen (secondary N) is 1. The molecule has 0 bridgehead atoms. The zero-order chi connectivity index (χ0) is 12.3. The van der Waals surface area contributed by atoms with Crippen LogP contribution in [0.5, 0.6) is 0 Å². The molecule has 0 radical (unpaired) electrons. The summed E-state index contributed by atoms with van der Waals surface area (Å²) < 4.78 is 12.9. The number of carbonyl (C=O) groups is 1. The van der Waals surface area contributed by atoms with Gasteiger partial charge >= 0.3 is 0 Å². The third-order valence-corrected chi connectivity index (χ3v) is 3.22. The van der Waals surface area contributed by atoms with E-state index in [2.05, 4.69) is 10.3 Å². The molecule has 3 nitrogen and oxygen atoms in total. The number of hydrogen-bond donors (Lipinski definition) is 1. The van der Waals surface area contributed by atoms with Gasteiger partial charge in [0, 0.05) is 6.54 Å². The van der Waals surface area contributed by atoms with Crippen LogP contribution in [-0.4, -0.2) is 10.9 Å². The summed E-state index contributed by atoms with van der Waals surface area (Å²) in [6, 6.07) is 6.16. The van der Waals surface area contributed by atoms with Gasteiger partial charge in [0.25, 0.3) is 5.91 Å². The Balaban J connectivity index is 1.99. The predicted molar refractivity (Wildman–Crippen MR) is 64.4 cm³/mol. The van der Waals surface area contributed by atoms with Crippen LogP contribution in [0.1, 0.15) is 20.9 Å². The van der Waals surface area contributed by atoms with Crippen molar-refractivity contribution < 1.29 is 9.18 Å². The van der Waals surface area contributed by atoms with E-state index >= 15 is 0 Å². The fourth-order valence-corrected chi connectivity index (χ4v) is 2.15. The Morgan fingerprint density at radius 3 is 3.00 bits per heavy atom. The summed E-state index contributed by atoms with van der Waals surface area (Å²) >= 11 is 1.30. The molecule has 1 amide bonds. The lowest BCUT2D eigenvalue weighted by Crippen LogP contribution is -2.22. The average molecular weight is 250 g/mol. The van der Waals surface area contributed by atoms with Crippen LogP contribution in [0.2, 0.25) is 0 Å². The second-order valence-electron chi connectivity index (χ2n) is 3.58. The second kappa shape index (κ2) is 5.05. The molecule has 1 aromatic heterocycles. The molecule has 0 saturated carbocycles. The van der Waals surface area contributed by atoms with Crippen LogP contribution < -0.4 is 5.32 Å². The van der Waals surface area contributed by atoms with Gasteiger partial charge in [-0.15, -0.1) is 11.3 Å². The van der Waals surface area contributed by atoms with Crippen LogP contribution >= 0.6 is 11.3 Å². The maximum Gasteiger partial charge on any atom is 0.263 e. The van der Waals surface area contributed by atoms with Crippen LogP contribution in [0, 0.1) is 12.7 Å². The zero-order valence-corrected chi connectivity index (χ0v) is 10.1. The Labute approximate surface area is 102 Å². The minimum absolute atomic E-state index is 0.172. The van der Waals surface area contributed by atoms with Crippen molar-refractivity contribution in [3.8, 4) is 0 Å². The molecule has 0 fully saturated rings. The molecular formula is C12H11FN2OS. The predicted octanol–water partition coefficient (Wildman–Crippen LogP) is 2.52. The van der Waals surface area contributed by atoms with Crippen molar-refractivity contribution in [2.75, 3.05) is 0 Å².